The van der Waals surface area contributed by atoms with Gasteiger partial charge in [-0.1, -0.05) is 28.1 Å². The van der Waals surface area contributed by atoms with Gasteiger partial charge in [0.2, 0.25) is 5.95 Å². The standard InChI is InChI=1S/C11H10BrN3/c1-13-11-14-6-9(7-15-11)8-3-2-4-10(12)5-8/h2-7H,1H3,(H,13,14,15). The summed E-state index contributed by atoms with van der Waals surface area (Å²) in [6.45, 7) is 0. The molecule has 0 saturated carbocycles. The Hall–Kier alpha value is -1.42. The van der Waals surface area contributed by atoms with E-state index < -0.39 is 0 Å². The Kier molecular flexibility index (Phi) is 2.97. The van der Waals surface area contributed by atoms with E-state index in [1.807, 2.05) is 24.3 Å². The fraction of sp³-hybridized carbons (Fsp3) is 0.0909. The van der Waals surface area contributed by atoms with Crippen molar-refractivity contribution in [2.75, 3.05) is 12.4 Å². The smallest absolute Gasteiger partial charge is 0.222 e. The van der Waals surface area contributed by atoms with Crippen LogP contribution in [-0.4, -0.2) is 17.0 Å². The van der Waals surface area contributed by atoms with Crippen molar-refractivity contribution in [3.05, 3.63) is 41.1 Å². The molecule has 1 N–H and O–H groups in total. The lowest BCUT2D eigenvalue weighted by Crippen LogP contribution is -1.95. The minimum absolute atomic E-state index is 0.633. The van der Waals surface area contributed by atoms with Crippen LogP contribution in [0.5, 0.6) is 0 Å². The number of hydrogen-bond acceptors (Lipinski definition) is 3. The van der Waals surface area contributed by atoms with Crippen LogP contribution >= 0.6 is 15.9 Å². The molecule has 15 heavy (non-hydrogen) atoms. The Balaban J connectivity index is 2.37. The predicted octanol–water partition coefficient (Wildman–Crippen LogP) is 2.95. The molecular formula is C11H10BrN3. The highest BCUT2D eigenvalue weighted by atomic mass is 79.9. The number of hydrogen-bond donors (Lipinski definition) is 1. The van der Waals surface area contributed by atoms with E-state index >= 15 is 0 Å². The predicted molar refractivity (Wildman–Crippen MR) is 64.7 cm³/mol. The van der Waals surface area contributed by atoms with Gasteiger partial charge in [0.15, 0.2) is 0 Å². The van der Waals surface area contributed by atoms with Gasteiger partial charge in [-0.05, 0) is 17.7 Å². The minimum Gasteiger partial charge on any atom is -0.357 e. The number of rotatable bonds is 2. The van der Waals surface area contributed by atoms with Crippen molar-refractivity contribution < 1.29 is 0 Å². The maximum absolute atomic E-state index is 4.17. The molecule has 3 nitrogen and oxygen atoms in total. The van der Waals surface area contributed by atoms with Crippen LogP contribution in [0.15, 0.2) is 41.1 Å². The largest absolute Gasteiger partial charge is 0.357 e. The average Bonchev–Trinajstić information content (AvgIpc) is 2.29. The zero-order valence-corrected chi connectivity index (χ0v) is 9.82. The third-order valence-corrected chi connectivity index (χ3v) is 2.53. The normalized spacial score (nSPS) is 10.0. The summed E-state index contributed by atoms with van der Waals surface area (Å²) in [6.07, 6.45) is 3.61. The molecule has 2 rings (SSSR count). The Morgan fingerprint density at radius 2 is 1.87 bits per heavy atom. The van der Waals surface area contributed by atoms with E-state index in [-0.39, 0.29) is 0 Å². The summed E-state index contributed by atoms with van der Waals surface area (Å²) in [7, 11) is 1.80. The topological polar surface area (TPSA) is 37.8 Å². The van der Waals surface area contributed by atoms with Crippen LogP contribution in [0.2, 0.25) is 0 Å². The molecule has 0 aliphatic carbocycles. The van der Waals surface area contributed by atoms with Gasteiger partial charge in [0.1, 0.15) is 0 Å². The van der Waals surface area contributed by atoms with E-state index in [0.717, 1.165) is 15.6 Å². The molecule has 0 spiro atoms. The molecule has 0 aliphatic rings. The highest BCUT2D eigenvalue weighted by Gasteiger charge is 1.99. The first-order valence-electron chi connectivity index (χ1n) is 4.55. The third-order valence-electron chi connectivity index (χ3n) is 2.03. The van der Waals surface area contributed by atoms with E-state index in [9.17, 15) is 0 Å². The number of halogens is 1. The zero-order chi connectivity index (χ0) is 10.7. The molecule has 4 heteroatoms. The second-order valence-corrected chi connectivity index (χ2v) is 3.97. The minimum atomic E-state index is 0.633. The molecule has 1 heterocycles. The van der Waals surface area contributed by atoms with Crippen LogP contribution in [0.25, 0.3) is 11.1 Å². The lowest BCUT2D eigenvalue weighted by molar-refractivity contribution is 1.15. The summed E-state index contributed by atoms with van der Waals surface area (Å²) in [5.74, 6) is 0.633. The number of nitrogens with one attached hydrogen (secondary N) is 1. The van der Waals surface area contributed by atoms with Crippen LogP contribution < -0.4 is 5.32 Å². The lowest BCUT2D eigenvalue weighted by atomic mass is 10.1. The van der Waals surface area contributed by atoms with Gasteiger partial charge in [-0.3, -0.25) is 0 Å². The molecule has 1 aromatic carbocycles. The average molecular weight is 264 g/mol. The molecule has 0 saturated heterocycles. The van der Waals surface area contributed by atoms with Crippen LogP contribution in [0, 0.1) is 0 Å². The molecule has 2 aromatic rings. The molecular weight excluding hydrogens is 254 g/mol. The molecule has 0 unspecified atom stereocenters. The van der Waals surface area contributed by atoms with E-state index in [1.54, 1.807) is 19.4 Å². The van der Waals surface area contributed by atoms with Gasteiger partial charge in [0, 0.05) is 29.5 Å². The van der Waals surface area contributed by atoms with Gasteiger partial charge >= 0.3 is 0 Å². The Bertz CT molecular complexity index is 454. The van der Waals surface area contributed by atoms with Crippen LogP contribution in [-0.2, 0) is 0 Å². The lowest BCUT2D eigenvalue weighted by Gasteiger charge is -2.02. The Morgan fingerprint density at radius 1 is 1.13 bits per heavy atom. The van der Waals surface area contributed by atoms with E-state index in [0.29, 0.717) is 5.95 Å². The van der Waals surface area contributed by atoms with Gasteiger partial charge < -0.3 is 5.32 Å². The van der Waals surface area contributed by atoms with Gasteiger partial charge in [-0.15, -0.1) is 0 Å². The molecule has 0 radical (unpaired) electrons. The molecule has 0 fully saturated rings. The first kappa shape index (κ1) is 10.1. The monoisotopic (exact) mass is 263 g/mol. The van der Waals surface area contributed by atoms with Crippen molar-refractivity contribution in [3.63, 3.8) is 0 Å². The number of anilines is 1. The summed E-state index contributed by atoms with van der Waals surface area (Å²) in [5, 5.41) is 2.89. The number of nitrogens with zero attached hydrogens (tertiary/aromatic N) is 2. The van der Waals surface area contributed by atoms with Crippen molar-refractivity contribution >= 4 is 21.9 Å². The van der Waals surface area contributed by atoms with Crippen LogP contribution in [0.4, 0.5) is 5.95 Å². The number of aromatic nitrogens is 2. The summed E-state index contributed by atoms with van der Waals surface area (Å²) < 4.78 is 1.05. The summed E-state index contributed by atoms with van der Waals surface area (Å²) in [4.78, 5) is 8.33. The third kappa shape index (κ3) is 2.33. The van der Waals surface area contributed by atoms with Crippen molar-refractivity contribution in [1.29, 1.82) is 0 Å². The van der Waals surface area contributed by atoms with Crippen molar-refractivity contribution in [3.8, 4) is 11.1 Å². The highest BCUT2D eigenvalue weighted by molar-refractivity contribution is 9.10. The van der Waals surface area contributed by atoms with Crippen molar-refractivity contribution in [2.24, 2.45) is 0 Å². The maximum atomic E-state index is 4.17. The molecule has 0 amide bonds. The molecule has 0 bridgehead atoms. The number of benzene rings is 1. The van der Waals surface area contributed by atoms with Crippen LogP contribution in [0.1, 0.15) is 0 Å². The molecule has 1 aromatic heterocycles. The maximum Gasteiger partial charge on any atom is 0.222 e. The quantitative estimate of drug-likeness (QED) is 0.906. The molecule has 76 valence electrons. The van der Waals surface area contributed by atoms with Crippen molar-refractivity contribution in [1.82, 2.24) is 9.97 Å². The van der Waals surface area contributed by atoms with Gasteiger partial charge in [-0.25, -0.2) is 9.97 Å². The van der Waals surface area contributed by atoms with Gasteiger partial charge in [0.05, 0.1) is 0 Å². The van der Waals surface area contributed by atoms with Gasteiger partial charge in [-0.2, -0.15) is 0 Å². The second kappa shape index (κ2) is 4.40. The van der Waals surface area contributed by atoms with E-state index in [1.165, 1.54) is 0 Å². The van der Waals surface area contributed by atoms with E-state index in [2.05, 4.69) is 31.2 Å². The Labute approximate surface area is 96.7 Å². The second-order valence-electron chi connectivity index (χ2n) is 3.06. The first-order chi connectivity index (χ1) is 7.29. The zero-order valence-electron chi connectivity index (χ0n) is 8.24. The Morgan fingerprint density at radius 3 is 2.47 bits per heavy atom. The highest BCUT2D eigenvalue weighted by Crippen LogP contribution is 2.21. The SMILES string of the molecule is CNc1ncc(-c2cccc(Br)c2)cn1. The fourth-order valence-electron chi connectivity index (χ4n) is 1.27. The summed E-state index contributed by atoms with van der Waals surface area (Å²) in [5.41, 5.74) is 2.11. The van der Waals surface area contributed by atoms with Crippen LogP contribution in [0.3, 0.4) is 0 Å². The summed E-state index contributed by atoms with van der Waals surface area (Å²) >= 11 is 3.43. The molecule has 0 aliphatic heterocycles. The van der Waals surface area contributed by atoms with E-state index in [4.69, 9.17) is 0 Å². The van der Waals surface area contributed by atoms with Gasteiger partial charge in [0.25, 0.3) is 0 Å². The first-order valence-corrected chi connectivity index (χ1v) is 5.34. The molecule has 0 atom stereocenters. The summed E-state index contributed by atoms with van der Waals surface area (Å²) in [6, 6.07) is 8.05. The fourth-order valence-corrected chi connectivity index (χ4v) is 1.67. The van der Waals surface area contributed by atoms with Crippen molar-refractivity contribution in [2.45, 2.75) is 0 Å².